The topological polar surface area (TPSA) is 101 Å². The van der Waals surface area contributed by atoms with Crippen molar-refractivity contribution >= 4 is 16.6 Å². The zero-order valence-corrected chi connectivity index (χ0v) is 36.3. The second-order valence-electron chi connectivity index (χ2n) is 16.4. The second-order valence-corrected chi connectivity index (χ2v) is 16.4. The Morgan fingerprint density at radius 1 is 0.328 bits per heavy atom. The van der Waals surface area contributed by atoms with Gasteiger partial charge in [0.25, 0.3) is 0 Å². The summed E-state index contributed by atoms with van der Waals surface area (Å²) in [6.45, 7) is 0. The first-order valence-electron chi connectivity index (χ1n) is 22.1. The fourth-order valence-electron chi connectivity index (χ4n) is 8.73. The van der Waals surface area contributed by atoms with Crippen LogP contribution in [0.2, 0.25) is 0 Å². The predicted molar refractivity (Wildman–Crippen MR) is 273 cm³/mol. The van der Waals surface area contributed by atoms with Crippen molar-refractivity contribution in [1.82, 2.24) is 19.9 Å². The summed E-state index contributed by atoms with van der Waals surface area (Å²) in [4.78, 5) is 20.8. The average molecular weight is 857 g/mol. The van der Waals surface area contributed by atoms with Crippen molar-refractivity contribution in [3.63, 3.8) is 0 Å². The molecule has 2 aromatic heterocycles. The van der Waals surface area contributed by atoms with E-state index < -0.39 is 0 Å². The molecule has 0 radical (unpaired) electrons. The van der Waals surface area contributed by atoms with Crippen LogP contribution in [0.4, 0.5) is 5.69 Å². The maximum atomic E-state index is 9.35. The smallest absolute Gasteiger partial charge is 0.160 e. The maximum absolute atomic E-state index is 9.35. The summed E-state index contributed by atoms with van der Waals surface area (Å²) in [7, 11) is 0. The van der Waals surface area contributed by atoms with Gasteiger partial charge in [-0.2, -0.15) is 5.26 Å². The van der Waals surface area contributed by atoms with Crippen molar-refractivity contribution in [3.8, 4) is 107 Å². The van der Waals surface area contributed by atoms with Gasteiger partial charge in [-0.15, -0.1) is 0 Å². The molecule has 0 aliphatic carbocycles. The number of hydrogen-bond acceptors (Lipinski definition) is 6. The van der Waals surface area contributed by atoms with Crippen LogP contribution >= 0.6 is 0 Å². The van der Waals surface area contributed by atoms with E-state index in [9.17, 15) is 5.26 Å². The highest BCUT2D eigenvalue weighted by molar-refractivity contribution is 5.96. The van der Waals surface area contributed by atoms with E-state index in [2.05, 4.69) is 140 Å². The molecule has 0 fully saturated rings. The molecule has 0 aliphatic rings. The summed E-state index contributed by atoms with van der Waals surface area (Å²) < 4.78 is 0. The van der Waals surface area contributed by atoms with Gasteiger partial charge in [0, 0.05) is 38.9 Å². The van der Waals surface area contributed by atoms with Crippen molar-refractivity contribution in [2.24, 2.45) is 0 Å². The summed E-state index contributed by atoms with van der Waals surface area (Å²) in [5, 5.41) is 10.3. The van der Waals surface area contributed by atoms with Crippen molar-refractivity contribution < 1.29 is 0 Å². The van der Waals surface area contributed by atoms with Crippen molar-refractivity contribution in [3.05, 3.63) is 236 Å². The highest BCUT2D eigenvalue weighted by Crippen LogP contribution is 2.41. The van der Waals surface area contributed by atoms with Crippen LogP contribution in [0, 0.1) is 11.3 Å². The molecule has 6 heteroatoms. The van der Waals surface area contributed by atoms with Crippen LogP contribution in [-0.4, -0.2) is 19.9 Å². The normalized spacial score (nSPS) is 11.0. The van der Waals surface area contributed by atoms with Crippen LogP contribution in [0.1, 0.15) is 5.56 Å². The fraction of sp³-hybridized carbons (Fsp3) is 0. The van der Waals surface area contributed by atoms with E-state index in [1.165, 1.54) is 0 Å². The van der Waals surface area contributed by atoms with E-state index in [4.69, 9.17) is 25.7 Å². The molecular weight excluding hydrogens is 817 g/mol. The van der Waals surface area contributed by atoms with Gasteiger partial charge in [-0.3, -0.25) is 0 Å². The number of anilines is 1. The highest BCUT2D eigenvalue weighted by Gasteiger charge is 2.18. The van der Waals surface area contributed by atoms with Gasteiger partial charge in [0.15, 0.2) is 11.6 Å². The average Bonchev–Trinajstić information content (AvgIpc) is 3.41. The number of hydrogen-bond donors (Lipinski definition) is 1. The molecule has 9 aromatic carbocycles. The molecule has 0 spiro atoms. The SMILES string of the molecule is N#Cc1ccc(-c2cccc(-c3nc(-c4cccc(-c5ccccc5-c5ccccc5-c5cc(-c6cccc(-c7ccc(N)cc7)c6)nc(-c6ccccc6)n5)c4)c4ccccc4n3)c2)cc1. The zero-order chi connectivity index (χ0) is 45.1. The number of rotatable bonds is 9. The first kappa shape index (κ1) is 40.5. The van der Waals surface area contributed by atoms with E-state index in [-0.39, 0.29) is 0 Å². The van der Waals surface area contributed by atoms with Gasteiger partial charge in [0.05, 0.1) is 34.2 Å². The minimum absolute atomic E-state index is 0.627. The summed E-state index contributed by atoms with van der Waals surface area (Å²) >= 11 is 0. The fourth-order valence-corrected chi connectivity index (χ4v) is 8.73. The minimum Gasteiger partial charge on any atom is -0.399 e. The Hall–Kier alpha value is -9.31. The third kappa shape index (κ3) is 8.21. The number of nitrogen functional groups attached to an aromatic ring is 1. The van der Waals surface area contributed by atoms with E-state index in [1.807, 2.05) is 97.1 Å². The van der Waals surface area contributed by atoms with Crippen LogP contribution in [0.25, 0.3) is 112 Å². The van der Waals surface area contributed by atoms with Crippen LogP contribution in [-0.2, 0) is 0 Å². The lowest BCUT2D eigenvalue weighted by atomic mass is 9.89. The molecule has 11 rings (SSSR count). The quantitative estimate of drug-likeness (QED) is 0.145. The molecule has 0 atom stereocenters. The molecule has 2 N–H and O–H groups in total. The molecule has 0 saturated heterocycles. The van der Waals surface area contributed by atoms with E-state index in [1.54, 1.807) is 0 Å². The van der Waals surface area contributed by atoms with Gasteiger partial charge in [-0.25, -0.2) is 19.9 Å². The molecule has 67 heavy (non-hydrogen) atoms. The predicted octanol–water partition coefficient (Wildman–Crippen LogP) is 14.9. The Labute approximate surface area is 389 Å². The monoisotopic (exact) mass is 856 g/mol. The number of nitrogens with zero attached hydrogens (tertiary/aromatic N) is 5. The lowest BCUT2D eigenvalue weighted by Crippen LogP contribution is -1.98. The number of nitriles is 1. The van der Waals surface area contributed by atoms with Crippen molar-refractivity contribution in [1.29, 1.82) is 5.26 Å². The molecule has 0 aliphatic heterocycles. The Morgan fingerprint density at radius 3 is 1.57 bits per heavy atom. The number of para-hydroxylation sites is 1. The summed E-state index contributed by atoms with van der Waals surface area (Å²) in [6, 6.07) is 80.7. The Bertz CT molecular complexity index is 3650. The maximum Gasteiger partial charge on any atom is 0.160 e. The number of aromatic nitrogens is 4. The van der Waals surface area contributed by atoms with Crippen molar-refractivity contribution in [2.45, 2.75) is 0 Å². The van der Waals surface area contributed by atoms with Gasteiger partial charge in [0.2, 0.25) is 0 Å². The Kier molecular flexibility index (Phi) is 10.7. The number of fused-ring (bicyclic) bond motifs is 1. The minimum atomic E-state index is 0.627. The lowest BCUT2D eigenvalue weighted by molar-refractivity contribution is 1.18. The molecule has 0 saturated carbocycles. The largest absolute Gasteiger partial charge is 0.399 e. The zero-order valence-electron chi connectivity index (χ0n) is 36.3. The molecule has 0 amide bonds. The van der Waals surface area contributed by atoms with E-state index in [0.29, 0.717) is 17.2 Å². The third-order valence-electron chi connectivity index (χ3n) is 12.1. The van der Waals surface area contributed by atoms with E-state index >= 15 is 0 Å². The molecular formula is C61H40N6. The van der Waals surface area contributed by atoms with Crippen LogP contribution in [0.3, 0.4) is 0 Å². The van der Waals surface area contributed by atoms with Crippen LogP contribution in [0.15, 0.2) is 231 Å². The van der Waals surface area contributed by atoms with Gasteiger partial charge in [0.1, 0.15) is 0 Å². The lowest BCUT2D eigenvalue weighted by Gasteiger charge is -2.16. The van der Waals surface area contributed by atoms with Crippen LogP contribution < -0.4 is 5.73 Å². The second kappa shape index (κ2) is 17.7. The van der Waals surface area contributed by atoms with Crippen LogP contribution in [0.5, 0.6) is 0 Å². The molecule has 0 bridgehead atoms. The third-order valence-corrected chi connectivity index (χ3v) is 12.1. The molecule has 0 unspecified atom stereocenters. The van der Waals surface area contributed by atoms with Gasteiger partial charge >= 0.3 is 0 Å². The van der Waals surface area contributed by atoms with Gasteiger partial charge in [-0.1, -0.05) is 176 Å². The van der Waals surface area contributed by atoms with Crippen molar-refractivity contribution in [2.75, 3.05) is 5.73 Å². The first-order chi connectivity index (χ1) is 33.0. The first-order valence-corrected chi connectivity index (χ1v) is 22.1. The van der Waals surface area contributed by atoms with Gasteiger partial charge in [-0.05, 0) is 99.1 Å². The van der Waals surface area contributed by atoms with Gasteiger partial charge < -0.3 is 5.73 Å². The Morgan fingerprint density at radius 2 is 0.836 bits per heavy atom. The highest BCUT2D eigenvalue weighted by atomic mass is 14.9. The summed E-state index contributed by atoms with van der Waals surface area (Å²) in [5.74, 6) is 1.29. The molecule has 11 aromatic rings. The number of benzene rings is 9. The molecule has 314 valence electrons. The Balaban J connectivity index is 1.01. The van der Waals surface area contributed by atoms with E-state index in [0.717, 1.165) is 106 Å². The molecule has 6 nitrogen and oxygen atoms in total. The molecule has 2 heterocycles. The number of nitrogens with two attached hydrogens (primary N) is 1. The summed E-state index contributed by atoms with van der Waals surface area (Å²) in [6.07, 6.45) is 0. The summed E-state index contributed by atoms with van der Waals surface area (Å²) in [5.41, 5.74) is 24.1. The standard InChI is InChI=1S/C61H40N6/c62-39-40-27-29-41(30-28-40)45-16-11-20-49(36-45)61-64-56-26-9-8-25-55(56)59(67-61)48-19-12-17-46(37-48)51-21-4-5-22-52(51)53-23-6-7-24-54(53)58-38-57(65-60(66-58)43-13-2-1-3-14-43)47-18-10-15-44(35-47)42-31-33-50(63)34-32-42/h1-38H,63H2.